The van der Waals surface area contributed by atoms with E-state index in [0.29, 0.717) is 18.3 Å². The second-order valence-electron chi connectivity index (χ2n) is 3.66. The summed E-state index contributed by atoms with van der Waals surface area (Å²) in [6, 6.07) is 4.03. The lowest BCUT2D eigenvalue weighted by molar-refractivity contribution is 0.373. The van der Waals surface area contributed by atoms with E-state index in [1.165, 1.54) is 0 Å². The molecule has 18 heavy (non-hydrogen) atoms. The van der Waals surface area contributed by atoms with Crippen molar-refractivity contribution in [2.45, 2.75) is 13.1 Å². The third kappa shape index (κ3) is 2.05. The average molecular weight is 261 g/mol. The zero-order chi connectivity index (χ0) is 12.4. The molecule has 0 bridgehead atoms. The largest absolute Gasteiger partial charge is 0.338 e. The van der Waals surface area contributed by atoms with Gasteiger partial charge in [0, 0.05) is 12.4 Å². The van der Waals surface area contributed by atoms with Gasteiger partial charge in [-0.1, -0.05) is 11.2 Å². The highest BCUT2D eigenvalue weighted by molar-refractivity contribution is 7.13. The molecule has 0 unspecified atom stereocenters. The van der Waals surface area contributed by atoms with Crippen molar-refractivity contribution in [1.29, 1.82) is 0 Å². The zero-order valence-electron chi connectivity index (χ0n) is 9.48. The second kappa shape index (κ2) is 4.71. The van der Waals surface area contributed by atoms with Crippen LogP contribution in [-0.4, -0.2) is 19.7 Å². The van der Waals surface area contributed by atoms with E-state index in [1.807, 2.05) is 28.3 Å². The maximum atomic E-state index is 5.43. The summed E-state index contributed by atoms with van der Waals surface area (Å²) in [7, 11) is 0. The van der Waals surface area contributed by atoms with E-state index >= 15 is 0 Å². The van der Waals surface area contributed by atoms with E-state index in [1.54, 1.807) is 17.5 Å². The van der Waals surface area contributed by atoms with Gasteiger partial charge < -0.3 is 14.8 Å². The van der Waals surface area contributed by atoms with Gasteiger partial charge in [0.15, 0.2) is 5.82 Å². The number of imidazole rings is 1. The van der Waals surface area contributed by atoms with E-state index in [-0.39, 0.29) is 6.54 Å². The minimum Gasteiger partial charge on any atom is -0.338 e. The molecule has 0 aromatic carbocycles. The highest BCUT2D eigenvalue weighted by atomic mass is 32.1. The van der Waals surface area contributed by atoms with Gasteiger partial charge in [-0.25, -0.2) is 4.98 Å². The molecule has 6 nitrogen and oxygen atoms in total. The summed E-state index contributed by atoms with van der Waals surface area (Å²) in [5, 5.41) is 5.90. The van der Waals surface area contributed by atoms with Crippen molar-refractivity contribution in [3.05, 3.63) is 41.6 Å². The number of nitrogens with zero attached hydrogens (tertiary/aromatic N) is 4. The second-order valence-corrected chi connectivity index (χ2v) is 4.61. The molecule has 2 N–H and O–H groups in total. The molecular formula is C11H11N5OS. The van der Waals surface area contributed by atoms with Crippen LogP contribution in [0.3, 0.4) is 0 Å². The van der Waals surface area contributed by atoms with Crippen LogP contribution in [0.2, 0.25) is 0 Å². The normalized spacial score (nSPS) is 10.9. The fraction of sp³-hybridized carbons (Fsp3) is 0.182. The number of aromatic nitrogens is 4. The van der Waals surface area contributed by atoms with Gasteiger partial charge in [-0.3, -0.25) is 0 Å². The maximum Gasteiger partial charge on any atom is 0.240 e. The number of hydrogen-bond acceptors (Lipinski definition) is 6. The molecular weight excluding hydrogens is 250 g/mol. The molecule has 0 saturated heterocycles. The van der Waals surface area contributed by atoms with Gasteiger partial charge in [0.05, 0.1) is 18.0 Å². The Morgan fingerprint density at radius 1 is 1.44 bits per heavy atom. The van der Waals surface area contributed by atoms with Crippen molar-refractivity contribution < 1.29 is 4.52 Å². The van der Waals surface area contributed by atoms with Crippen LogP contribution >= 0.6 is 11.3 Å². The van der Waals surface area contributed by atoms with Gasteiger partial charge in [0.1, 0.15) is 5.82 Å². The lowest BCUT2D eigenvalue weighted by Crippen LogP contribution is -2.03. The summed E-state index contributed by atoms with van der Waals surface area (Å²) in [5.74, 6) is 1.96. The van der Waals surface area contributed by atoms with Crippen molar-refractivity contribution in [1.82, 2.24) is 19.7 Å². The first-order chi connectivity index (χ1) is 8.86. The van der Waals surface area contributed by atoms with Crippen molar-refractivity contribution in [2.75, 3.05) is 0 Å². The first-order valence-electron chi connectivity index (χ1n) is 5.43. The van der Waals surface area contributed by atoms with E-state index in [4.69, 9.17) is 10.3 Å². The van der Waals surface area contributed by atoms with E-state index < -0.39 is 0 Å². The van der Waals surface area contributed by atoms with Crippen LogP contribution < -0.4 is 5.73 Å². The Morgan fingerprint density at radius 2 is 2.39 bits per heavy atom. The van der Waals surface area contributed by atoms with Crippen molar-refractivity contribution in [3.63, 3.8) is 0 Å². The molecule has 0 radical (unpaired) electrons. The molecule has 3 heterocycles. The molecule has 0 aliphatic heterocycles. The molecule has 0 aliphatic rings. The SMILES string of the molecule is NCc1nc(Cn2ccnc2-c2cccs2)no1. The van der Waals surface area contributed by atoms with Crippen molar-refractivity contribution in [2.24, 2.45) is 5.73 Å². The Hall–Kier alpha value is -1.99. The Morgan fingerprint density at radius 3 is 3.11 bits per heavy atom. The third-order valence-electron chi connectivity index (χ3n) is 2.45. The molecule has 3 aromatic rings. The molecule has 0 amide bonds. The highest BCUT2D eigenvalue weighted by Crippen LogP contribution is 2.23. The van der Waals surface area contributed by atoms with E-state index in [9.17, 15) is 0 Å². The Balaban J connectivity index is 1.87. The standard InChI is InChI=1S/C11H11N5OS/c12-6-10-14-9(15-17-10)7-16-4-3-13-11(16)8-2-1-5-18-8/h1-5H,6-7,12H2. The third-order valence-corrected chi connectivity index (χ3v) is 3.32. The van der Waals surface area contributed by atoms with Crippen LogP contribution in [0.25, 0.3) is 10.7 Å². The van der Waals surface area contributed by atoms with Gasteiger partial charge in [-0.05, 0) is 11.4 Å². The molecule has 0 fully saturated rings. The number of rotatable bonds is 4. The highest BCUT2D eigenvalue weighted by Gasteiger charge is 2.10. The summed E-state index contributed by atoms with van der Waals surface area (Å²) in [5.41, 5.74) is 5.43. The first-order valence-corrected chi connectivity index (χ1v) is 6.31. The molecule has 0 atom stereocenters. The van der Waals surface area contributed by atoms with Gasteiger partial charge in [-0.2, -0.15) is 4.98 Å². The monoisotopic (exact) mass is 261 g/mol. The molecule has 3 aromatic heterocycles. The smallest absolute Gasteiger partial charge is 0.240 e. The molecule has 3 rings (SSSR count). The Bertz CT molecular complexity index is 627. The molecule has 92 valence electrons. The van der Waals surface area contributed by atoms with Gasteiger partial charge >= 0.3 is 0 Å². The van der Waals surface area contributed by atoms with Crippen LogP contribution in [0.4, 0.5) is 0 Å². The van der Waals surface area contributed by atoms with Gasteiger partial charge in [-0.15, -0.1) is 11.3 Å². The lowest BCUT2D eigenvalue weighted by atomic mass is 10.4. The fourth-order valence-corrected chi connectivity index (χ4v) is 2.39. The number of nitrogens with two attached hydrogens (primary N) is 1. The fourth-order valence-electron chi connectivity index (χ4n) is 1.66. The number of thiophene rings is 1. The molecule has 0 spiro atoms. The maximum absolute atomic E-state index is 5.43. The van der Waals surface area contributed by atoms with Crippen LogP contribution in [0.1, 0.15) is 11.7 Å². The first kappa shape index (κ1) is 11.1. The molecule has 0 aliphatic carbocycles. The lowest BCUT2D eigenvalue weighted by Gasteiger charge is -2.02. The molecule has 0 saturated carbocycles. The van der Waals surface area contributed by atoms with Crippen LogP contribution in [0, 0.1) is 0 Å². The summed E-state index contributed by atoms with van der Waals surface area (Å²) in [4.78, 5) is 9.64. The Kier molecular flexibility index (Phi) is 2.91. The summed E-state index contributed by atoms with van der Waals surface area (Å²) < 4.78 is 6.96. The summed E-state index contributed by atoms with van der Waals surface area (Å²) in [6.45, 7) is 0.783. The van der Waals surface area contributed by atoms with Crippen LogP contribution in [0.5, 0.6) is 0 Å². The van der Waals surface area contributed by atoms with Crippen molar-refractivity contribution >= 4 is 11.3 Å². The zero-order valence-corrected chi connectivity index (χ0v) is 10.3. The van der Waals surface area contributed by atoms with Crippen LogP contribution in [-0.2, 0) is 13.1 Å². The van der Waals surface area contributed by atoms with E-state index in [0.717, 1.165) is 10.7 Å². The molecule has 7 heteroatoms. The Labute approximate surface area is 107 Å². The summed E-state index contributed by atoms with van der Waals surface area (Å²) >= 11 is 1.65. The van der Waals surface area contributed by atoms with Crippen LogP contribution in [0.15, 0.2) is 34.4 Å². The minimum atomic E-state index is 0.259. The predicted octanol–water partition coefficient (Wildman–Crippen LogP) is 1.50. The summed E-state index contributed by atoms with van der Waals surface area (Å²) in [6.07, 6.45) is 3.66. The average Bonchev–Trinajstić information content (AvgIpc) is 3.09. The quantitative estimate of drug-likeness (QED) is 0.769. The van der Waals surface area contributed by atoms with Gasteiger partial charge in [0.25, 0.3) is 0 Å². The van der Waals surface area contributed by atoms with E-state index in [2.05, 4.69) is 15.1 Å². The van der Waals surface area contributed by atoms with Gasteiger partial charge in [0.2, 0.25) is 5.89 Å². The topological polar surface area (TPSA) is 82.8 Å². The predicted molar refractivity (Wildman–Crippen MR) is 66.8 cm³/mol. The minimum absolute atomic E-state index is 0.259. The van der Waals surface area contributed by atoms with Crippen molar-refractivity contribution in [3.8, 4) is 10.7 Å². The number of hydrogen-bond donors (Lipinski definition) is 1.